The molecule has 1 unspecified atom stereocenters. The van der Waals surface area contributed by atoms with Crippen LogP contribution >= 0.6 is 23.1 Å². The quantitative estimate of drug-likeness (QED) is 0.178. The van der Waals surface area contributed by atoms with Crippen molar-refractivity contribution in [3.63, 3.8) is 0 Å². The van der Waals surface area contributed by atoms with E-state index in [0.717, 1.165) is 26.6 Å². The maximum atomic E-state index is 13.6. The first-order chi connectivity index (χ1) is 19.5. The summed E-state index contributed by atoms with van der Waals surface area (Å²) in [5, 5.41) is 6.02. The summed E-state index contributed by atoms with van der Waals surface area (Å²) in [5.41, 5.74) is 3.94. The number of nitrogens with zero attached hydrogens (tertiary/aromatic N) is 1. The molecular weight excluding hydrogens is 539 g/mol. The molecule has 1 heterocycles. The van der Waals surface area contributed by atoms with Crippen LogP contribution < -0.4 is 15.4 Å². The van der Waals surface area contributed by atoms with E-state index in [2.05, 4.69) is 10.6 Å². The van der Waals surface area contributed by atoms with Crippen LogP contribution in [-0.4, -0.2) is 23.9 Å². The first-order valence-corrected chi connectivity index (χ1v) is 14.3. The van der Waals surface area contributed by atoms with E-state index in [1.807, 2.05) is 91.9 Å². The highest BCUT2D eigenvalue weighted by Gasteiger charge is 2.24. The van der Waals surface area contributed by atoms with Crippen molar-refractivity contribution in [1.82, 2.24) is 4.98 Å². The molecule has 0 spiro atoms. The second-order valence-corrected chi connectivity index (χ2v) is 11.3. The number of carbonyl (C=O) groups is 2. The van der Waals surface area contributed by atoms with Crippen molar-refractivity contribution in [2.45, 2.75) is 17.1 Å². The van der Waals surface area contributed by atoms with Gasteiger partial charge in [0.05, 0.1) is 12.8 Å². The topological polar surface area (TPSA) is 80.3 Å². The van der Waals surface area contributed by atoms with E-state index in [1.54, 1.807) is 31.4 Å². The summed E-state index contributed by atoms with van der Waals surface area (Å²) in [4.78, 5) is 32.9. The number of aromatic nitrogens is 1. The third-order valence-corrected chi connectivity index (χ3v) is 8.26. The maximum Gasteiger partial charge on any atom is 0.255 e. The summed E-state index contributed by atoms with van der Waals surface area (Å²) >= 11 is 2.91. The predicted octanol–water partition coefficient (Wildman–Crippen LogP) is 7.85. The summed E-state index contributed by atoms with van der Waals surface area (Å²) in [7, 11) is 1.57. The van der Waals surface area contributed by atoms with Gasteiger partial charge >= 0.3 is 0 Å². The van der Waals surface area contributed by atoms with Crippen LogP contribution in [0, 0.1) is 6.92 Å². The Morgan fingerprint density at radius 2 is 1.55 bits per heavy atom. The molecule has 4 aromatic carbocycles. The Kier molecular flexibility index (Phi) is 8.59. The van der Waals surface area contributed by atoms with E-state index in [1.165, 1.54) is 23.1 Å². The SMILES string of the molecule is COc1cccc(C(=O)Nc2ccc(SC(C(=O)Nc3nc(-c4ccccc4)c(C)s3)c3ccccc3)cc2)c1. The Balaban J connectivity index is 1.31. The normalized spacial score (nSPS) is 11.4. The van der Waals surface area contributed by atoms with Gasteiger partial charge in [-0.1, -0.05) is 66.7 Å². The first kappa shape index (κ1) is 27.2. The minimum absolute atomic E-state index is 0.153. The zero-order chi connectivity index (χ0) is 27.9. The molecule has 5 rings (SSSR count). The van der Waals surface area contributed by atoms with Gasteiger partial charge in [0.1, 0.15) is 11.0 Å². The lowest BCUT2D eigenvalue weighted by Crippen LogP contribution is -2.19. The van der Waals surface area contributed by atoms with Gasteiger partial charge in [-0.25, -0.2) is 4.98 Å². The highest BCUT2D eigenvalue weighted by Crippen LogP contribution is 2.38. The van der Waals surface area contributed by atoms with Gasteiger partial charge in [-0.2, -0.15) is 0 Å². The van der Waals surface area contributed by atoms with Crippen molar-refractivity contribution in [2.24, 2.45) is 0 Å². The van der Waals surface area contributed by atoms with Crippen LogP contribution in [0.1, 0.15) is 26.0 Å². The summed E-state index contributed by atoms with van der Waals surface area (Å²) in [6.45, 7) is 2.01. The number of anilines is 2. The van der Waals surface area contributed by atoms with Gasteiger partial charge in [0.15, 0.2) is 5.13 Å². The van der Waals surface area contributed by atoms with Gasteiger partial charge in [-0.3, -0.25) is 9.59 Å². The number of methoxy groups -OCH3 is 1. The molecule has 8 heteroatoms. The molecule has 1 atom stereocenters. The van der Waals surface area contributed by atoms with Crippen molar-refractivity contribution in [2.75, 3.05) is 17.7 Å². The van der Waals surface area contributed by atoms with E-state index >= 15 is 0 Å². The van der Waals surface area contributed by atoms with Crippen molar-refractivity contribution in [3.05, 3.63) is 125 Å². The monoisotopic (exact) mass is 565 g/mol. The van der Waals surface area contributed by atoms with Crippen LogP contribution in [0.5, 0.6) is 5.75 Å². The average Bonchev–Trinajstić information content (AvgIpc) is 3.37. The molecule has 2 amide bonds. The fraction of sp³-hybridized carbons (Fsp3) is 0.0938. The molecule has 0 fully saturated rings. The number of aryl methyl sites for hydroxylation is 1. The van der Waals surface area contributed by atoms with E-state index in [9.17, 15) is 9.59 Å². The van der Waals surface area contributed by atoms with Gasteiger partial charge in [-0.05, 0) is 55.0 Å². The number of benzene rings is 4. The van der Waals surface area contributed by atoms with Crippen molar-refractivity contribution >= 4 is 45.7 Å². The molecule has 0 saturated heterocycles. The third kappa shape index (κ3) is 6.59. The molecule has 1 aromatic heterocycles. The van der Waals surface area contributed by atoms with Crippen LogP contribution in [0.25, 0.3) is 11.3 Å². The number of hydrogen-bond acceptors (Lipinski definition) is 6. The van der Waals surface area contributed by atoms with Crippen LogP contribution in [0.4, 0.5) is 10.8 Å². The van der Waals surface area contributed by atoms with Crippen LogP contribution in [0.15, 0.2) is 114 Å². The lowest BCUT2D eigenvalue weighted by Gasteiger charge is -2.16. The van der Waals surface area contributed by atoms with E-state index in [0.29, 0.717) is 22.1 Å². The second kappa shape index (κ2) is 12.6. The summed E-state index contributed by atoms with van der Waals surface area (Å²) < 4.78 is 5.21. The number of carbonyl (C=O) groups excluding carboxylic acids is 2. The molecule has 200 valence electrons. The first-order valence-electron chi connectivity index (χ1n) is 12.6. The van der Waals surface area contributed by atoms with Crippen molar-refractivity contribution in [1.29, 1.82) is 0 Å². The number of thioether (sulfide) groups is 1. The Morgan fingerprint density at radius 3 is 2.25 bits per heavy atom. The van der Waals surface area contributed by atoms with E-state index in [-0.39, 0.29) is 11.8 Å². The van der Waals surface area contributed by atoms with Crippen molar-refractivity contribution < 1.29 is 14.3 Å². The molecule has 0 bridgehead atoms. The zero-order valence-corrected chi connectivity index (χ0v) is 23.6. The number of amides is 2. The molecule has 5 aromatic rings. The molecule has 0 aliphatic carbocycles. The predicted molar refractivity (Wildman–Crippen MR) is 163 cm³/mol. The van der Waals surface area contributed by atoms with Crippen LogP contribution in [0.3, 0.4) is 0 Å². The Hall–Kier alpha value is -4.40. The summed E-state index contributed by atoms with van der Waals surface area (Å²) in [6, 6.07) is 34.1. The van der Waals surface area contributed by atoms with Crippen LogP contribution in [0.2, 0.25) is 0 Å². The molecule has 40 heavy (non-hydrogen) atoms. The minimum Gasteiger partial charge on any atom is -0.497 e. The Morgan fingerprint density at radius 1 is 0.850 bits per heavy atom. The lowest BCUT2D eigenvalue weighted by molar-refractivity contribution is -0.115. The second-order valence-electron chi connectivity index (χ2n) is 8.90. The molecular formula is C32H27N3O3S2. The lowest BCUT2D eigenvalue weighted by atomic mass is 10.1. The van der Waals surface area contributed by atoms with Crippen molar-refractivity contribution in [3.8, 4) is 17.0 Å². The molecule has 0 aliphatic heterocycles. The molecule has 2 N–H and O–H groups in total. The van der Waals surface area contributed by atoms with Gasteiger partial charge in [-0.15, -0.1) is 23.1 Å². The van der Waals surface area contributed by atoms with Gasteiger partial charge in [0, 0.05) is 26.6 Å². The average molecular weight is 566 g/mol. The summed E-state index contributed by atoms with van der Waals surface area (Å²) in [5.74, 6) is 0.239. The zero-order valence-electron chi connectivity index (χ0n) is 22.0. The summed E-state index contributed by atoms with van der Waals surface area (Å²) in [6.07, 6.45) is 0. The third-order valence-electron chi connectivity index (χ3n) is 6.11. The Labute approximate surface area is 241 Å². The maximum absolute atomic E-state index is 13.6. The number of ether oxygens (including phenoxy) is 1. The molecule has 0 aliphatic rings. The fourth-order valence-corrected chi connectivity index (χ4v) is 5.97. The fourth-order valence-electron chi connectivity index (χ4n) is 4.11. The highest BCUT2D eigenvalue weighted by atomic mass is 32.2. The largest absolute Gasteiger partial charge is 0.497 e. The van der Waals surface area contributed by atoms with Gasteiger partial charge in [0.2, 0.25) is 5.91 Å². The number of thiazole rings is 1. The van der Waals surface area contributed by atoms with E-state index < -0.39 is 5.25 Å². The Bertz CT molecular complexity index is 1600. The van der Waals surface area contributed by atoms with E-state index in [4.69, 9.17) is 9.72 Å². The molecule has 0 saturated carbocycles. The highest BCUT2D eigenvalue weighted by molar-refractivity contribution is 8.00. The number of hydrogen-bond donors (Lipinski definition) is 2. The van der Waals surface area contributed by atoms with Crippen LogP contribution in [-0.2, 0) is 4.79 Å². The molecule has 6 nitrogen and oxygen atoms in total. The number of nitrogens with one attached hydrogen (secondary N) is 2. The van der Waals surface area contributed by atoms with Gasteiger partial charge in [0.25, 0.3) is 5.91 Å². The minimum atomic E-state index is -0.497. The molecule has 0 radical (unpaired) electrons. The standard InChI is InChI=1S/C32H27N3O3S2/c1-21-28(22-10-5-3-6-11-22)34-32(39-21)35-31(37)29(23-12-7-4-8-13-23)40-27-18-16-25(17-19-27)33-30(36)24-14-9-15-26(20-24)38-2/h3-20,29H,1-2H3,(H,33,36)(H,34,35,37). The number of rotatable bonds is 9. The van der Waals surface area contributed by atoms with Gasteiger partial charge < -0.3 is 15.4 Å². The smallest absolute Gasteiger partial charge is 0.255 e.